The van der Waals surface area contributed by atoms with Crippen LogP contribution in [-0.2, 0) is 0 Å². The number of aryl methyl sites for hydroxylation is 2. The van der Waals surface area contributed by atoms with Crippen LogP contribution < -0.4 is 5.32 Å². The number of rotatable bonds is 8. The third-order valence-corrected chi connectivity index (χ3v) is 5.85. The Bertz CT molecular complexity index is 896. The average Bonchev–Trinajstić information content (AvgIpc) is 3.21. The van der Waals surface area contributed by atoms with E-state index in [1.807, 2.05) is 44.2 Å². The van der Waals surface area contributed by atoms with Gasteiger partial charge in [-0.2, -0.15) is 0 Å². The van der Waals surface area contributed by atoms with Gasteiger partial charge in [0.05, 0.1) is 0 Å². The lowest BCUT2D eigenvalue weighted by Crippen LogP contribution is -2.34. The summed E-state index contributed by atoms with van der Waals surface area (Å²) in [6.45, 7) is 15.6. The van der Waals surface area contributed by atoms with Crippen LogP contribution in [0.5, 0.6) is 0 Å². The molecule has 2 N–H and O–H groups in total. The van der Waals surface area contributed by atoms with E-state index in [1.54, 1.807) is 0 Å². The lowest BCUT2D eigenvalue weighted by molar-refractivity contribution is 0.0944. The minimum Gasteiger partial charge on any atom is -0.355 e. The average molecular weight is 442 g/mol. The highest BCUT2D eigenvalue weighted by atomic mass is 35.5. The van der Waals surface area contributed by atoms with Crippen LogP contribution in [0.1, 0.15) is 48.4 Å². The number of hydrogen-bond acceptors (Lipinski definition) is 2. The summed E-state index contributed by atoms with van der Waals surface area (Å²) in [4.78, 5) is 18.4. The molecule has 0 aliphatic carbocycles. The molecule has 2 rings (SSSR count). The first-order chi connectivity index (χ1) is 14.9. The Balaban J connectivity index is 1.97. The van der Waals surface area contributed by atoms with E-state index in [-0.39, 0.29) is 5.91 Å². The molecule has 1 unspecified atom stereocenters. The first-order valence-electron chi connectivity index (χ1n) is 11.1. The molecule has 1 aliphatic heterocycles. The standard InChI is InChI=1S/C26H36ClN3O/c1-6-9-21(7-2)24(8-3)22-12-14-30(18-22)15-13-28-26(31)25-17-19(4)16-23(27)11-10-20(5)29-25/h6,8-11,16-17,22,29H,1,7,12-15,18H2,2-5H3,(H,28,31)/b19-16?,20-10?,21-9-,23-11?,24-8+,25-17?. The summed E-state index contributed by atoms with van der Waals surface area (Å²) in [6, 6.07) is 7.36. The molecule has 0 radical (unpaired) electrons. The van der Waals surface area contributed by atoms with Gasteiger partial charge in [-0.25, -0.2) is 0 Å². The summed E-state index contributed by atoms with van der Waals surface area (Å²) in [7, 11) is 0. The molecule has 2 heterocycles. The van der Waals surface area contributed by atoms with Gasteiger partial charge in [-0.15, -0.1) is 0 Å². The summed E-state index contributed by atoms with van der Waals surface area (Å²) in [5, 5.41) is 3.69. The molecule has 31 heavy (non-hydrogen) atoms. The van der Waals surface area contributed by atoms with Crippen LogP contribution in [0.3, 0.4) is 0 Å². The number of nitrogens with zero attached hydrogens (tertiary/aromatic N) is 1. The zero-order valence-electron chi connectivity index (χ0n) is 19.3. The zero-order valence-corrected chi connectivity index (χ0v) is 20.1. The third-order valence-electron chi connectivity index (χ3n) is 5.61. The smallest absolute Gasteiger partial charge is 0.267 e. The van der Waals surface area contributed by atoms with Crippen molar-refractivity contribution in [3.8, 4) is 0 Å². The normalized spacial score (nSPS) is 17.4. The van der Waals surface area contributed by atoms with Crippen LogP contribution >= 0.6 is 11.6 Å². The van der Waals surface area contributed by atoms with E-state index in [9.17, 15) is 4.79 Å². The van der Waals surface area contributed by atoms with Crippen molar-refractivity contribution in [2.75, 3.05) is 26.2 Å². The highest BCUT2D eigenvalue weighted by Gasteiger charge is 2.26. The number of amides is 1. The van der Waals surface area contributed by atoms with E-state index < -0.39 is 0 Å². The summed E-state index contributed by atoms with van der Waals surface area (Å²) in [5.74, 6) is 0.439. The van der Waals surface area contributed by atoms with E-state index >= 15 is 0 Å². The molecule has 168 valence electrons. The number of carbonyl (C=O) groups is 1. The van der Waals surface area contributed by atoms with Gasteiger partial charge < -0.3 is 15.2 Å². The van der Waals surface area contributed by atoms with Crippen molar-refractivity contribution >= 4 is 17.5 Å². The predicted molar refractivity (Wildman–Crippen MR) is 132 cm³/mol. The lowest BCUT2D eigenvalue weighted by Gasteiger charge is -2.19. The van der Waals surface area contributed by atoms with Crippen molar-refractivity contribution in [3.05, 3.63) is 82.2 Å². The van der Waals surface area contributed by atoms with Crippen LogP contribution in [0.25, 0.3) is 0 Å². The van der Waals surface area contributed by atoms with Gasteiger partial charge in [-0.1, -0.05) is 43.3 Å². The number of halogens is 1. The number of aromatic nitrogens is 1. The molecule has 4 nitrogen and oxygen atoms in total. The molecule has 0 bridgehead atoms. The van der Waals surface area contributed by atoms with Gasteiger partial charge in [-0.05, 0) is 87.1 Å². The van der Waals surface area contributed by atoms with Crippen molar-refractivity contribution in [1.29, 1.82) is 0 Å². The highest BCUT2D eigenvalue weighted by molar-refractivity contribution is 6.30. The van der Waals surface area contributed by atoms with Gasteiger partial charge in [0.1, 0.15) is 5.69 Å². The van der Waals surface area contributed by atoms with Crippen LogP contribution in [0.2, 0.25) is 5.02 Å². The minimum atomic E-state index is -0.106. The number of likely N-dealkylation sites (tertiary alicyclic amines) is 1. The molecule has 0 spiro atoms. The number of aromatic amines is 1. The van der Waals surface area contributed by atoms with Gasteiger partial charge in [0, 0.05) is 30.4 Å². The Hall–Kier alpha value is -2.30. The SMILES string of the molecule is C=C/C=C(CC)\C(=C/C)C1CCN(CCNC(=O)c2cc(C)cc(Cl)ccc(C)[nH]2)C1. The molecule has 1 fully saturated rings. The predicted octanol–water partition coefficient (Wildman–Crippen LogP) is 5.93. The highest BCUT2D eigenvalue weighted by Crippen LogP contribution is 2.30. The van der Waals surface area contributed by atoms with E-state index in [1.165, 1.54) is 11.1 Å². The van der Waals surface area contributed by atoms with Crippen LogP contribution in [0.15, 0.2) is 60.2 Å². The lowest BCUT2D eigenvalue weighted by atomic mass is 9.89. The fourth-order valence-corrected chi connectivity index (χ4v) is 4.34. The Morgan fingerprint density at radius 3 is 2.81 bits per heavy atom. The maximum absolute atomic E-state index is 12.7. The summed E-state index contributed by atoms with van der Waals surface area (Å²) in [6.07, 6.45) is 8.42. The number of nitrogens with one attached hydrogen (secondary N) is 2. The fraction of sp³-hybridized carbons (Fsp3) is 0.423. The molecular formula is C26H36ClN3O. The number of hydrogen-bond donors (Lipinski definition) is 2. The first kappa shape index (κ1) is 25.0. The zero-order chi connectivity index (χ0) is 22.8. The van der Waals surface area contributed by atoms with Crippen LogP contribution in [0, 0.1) is 19.8 Å². The van der Waals surface area contributed by atoms with Crippen molar-refractivity contribution in [3.63, 3.8) is 0 Å². The second-order valence-corrected chi connectivity index (χ2v) is 8.48. The monoisotopic (exact) mass is 441 g/mol. The van der Waals surface area contributed by atoms with Gasteiger partial charge in [0.2, 0.25) is 0 Å². The first-order valence-corrected chi connectivity index (χ1v) is 11.5. The topological polar surface area (TPSA) is 48.1 Å². The van der Waals surface area contributed by atoms with Crippen LogP contribution in [0.4, 0.5) is 0 Å². The second kappa shape index (κ2) is 12.5. The summed E-state index contributed by atoms with van der Waals surface area (Å²) >= 11 is 6.17. The maximum atomic E-state index is 12.7. The minimum absolute atomic E-state index is 0.106. The van der Waals surface area contributed by atoms with Gasteiger partial charge >= 0.3 is 0 Å². The molecular weight excluding hydrogens is 406 g/mol. The summed E-state index contributed by atoms with van der Waals surface area (Å²) < 4.78 is 0. The van der Waals surface area contributed by atoms with E-state index in [0.29, 0.717) is 23.2 Å². The molecule has 5 heteroatoms. The maximum Gasteiger partial charge on any atom is 0.267 e. The number of H-pyrrole nitrogens is 1. The van der Waals surface area contributed by atoms with E-state index in [4.69, 9.17) is 11.6 Å². The quantitative estimate of drug-likeness (QED) is 0.491. The van der Waals surface area contributed by atoms with E-state index in [0.717, 1.165) is 43.7 Å². The molecule has 1 amide bonds. The largest absolute Gasteiger partial charge is 0.355 e. The number of allylic oxidation sites excluding steroid dienone is 4. The summed E-state index contributed by atoms with van der Waals surface area (Å²) in [5.41, 5.74) is 5.12. The second-order valence-electron chi connectivity index (χ2n) is 8.04. The number of carbonyl (C=O) groups excluding carboxylic acids is 1. The van der Waals surface area contributed by atoms with Gasteiger partial charge in [0.15, 0.2) is 0 Å². The van der Waals surface area contributed by atoms with Crippen LogP contribution in [-0.4, -0.2) is 42.0 Å². The molecule has 0 saturated carbocycles. The van der Waals surface area contributed by atoms with Gasteiger partial charge in [-0.3, -0.25) is 4.79 Å². The Morgan fingerprint density at radius 2 is 2.13 bits per heavy atom. The Labute approximate surface area is 192 Å². The van der Waals surface area contributed by atoms with E-state index in [2.05, 4.69) is 47.8 Å². The van der Waals surface area contributed by atoms with Crippen molar-refractivity contribution in [1.82, 2.24) is 15.2 Å². The van der Waals surface area contributed by atoms with Crippen molar-refractivity contribution in [2.24, 2.45) is 5.92 Å². The molecule has 1 aliphatic rings. The molecule has 1 atom stereocenters. The molecule has 0 aromatic carbocycles. The van der Waals surface area contributed by atoms with Crippen molar-refractivity contribution in [2.45, 2.75) is 40.5 Å². The third kappa shape index (κ3) is 7.71. The molecule has 1 saturated heterocycles. The Kier molecular flexibility index (Phi) is 10.1. The molecule has 1 aromatic rings. The molecule has 1 aromatic heterocycles. The Morgan fingerprint density at radius 1 is 1.35 bits per heavy atom. The van der Waals surface area contributed by atoms with Gasteiger partial charge in [0.25, 0.3) is 5.91 Å². The van der Waals surface area contributed by atoms with Crippen molar-refractivity contribution < 1.29 is 4.79 Å². The fourth-order valence-electron chi connectivity index (χ4n) is 4.11.